The van der Waals surface area contributed by atoms with E-state index in [0.29, 0.717) is 16.4 Å². The number of anilines is 2. The SMILES string of the molecule is CNCC(=O)OCc1cccnc1N(C)C(=O)OC(C)[n+]1cnn(C[C@](O)(c2cc(F)ccc2F)[C@@H](C)c2nc(NC)cs2)c1. The highest BCUT2D eigenvalue weighted by Crippen LogP contribution is 2.41. The number of esters is 1. The third-order valence-electron chi connectivity index (χ3n) is 7.12. The molecule has 3 heterocycles. The minimum atomic E-state index is -1.97. The van der Waals surface area contributed by atoms with Crippen LogP contribution in [0.5, 0.6) is 0 Å². The van der Waals surface area contributed by atoms with Crippen molar-refractivity contribution in [3.63, 3.8) is 0 Å². The number of ether oxygens (including phenoxy) is 2. The van der Waals surface area contributed by atoms with Gasteiger partial charge in [-0.05, 0) is 31.3 Å². The fraction of sp³-hybridized carbons (Fsp3) is 0.379. The van der Waals surface area contributed by atoms with Crippen molar-refractivity contribution in [1.29, 1.82) is 0 Å². The van der Waals surface area contributed by atoms with Crippen molar-refractivity contribution in [2.75, 3.05) is 37.9 Å². The fourth-order valence-corrected chi connectivity index (χ4v) is 5.47. The Morgan fingerprint density at radius 3 is 2.73 bits per heavy atom. The molecule has 0 aliphatic rings. The number of amides is 1. The smallest absolute Gasteiger partial charge is 0.418 e. The highest BCUT2D eigenvalue weighted by Gasteiger charge is 2.43. The first-order valence-electron chi connectivity index (χ1n) is 13.9. The van der Waals surface area contributed by atoms with Gasteiger partial charge in [0.2, 0.25) is 12.6 Å². The zero-order valence-corrected chi connectivity index (χ0v) is 26.2. The molecule has 16 heteroatoms. The number of halogens is 2. The second-order valence-corrected chi connectivity index (χ2v) is 11.1. The van der Waals surface area contributed by atoms with Crippen LogP contribution in [0.15, 0.2) is 54.6 Å². The summed E-state index contributed by atoms with van der Waals surface area (Å²) in [6.45, 7) is 2.94. The first-order valence-corrected chi connectivity index (χ1v) is 14.8. The molecule has 0 aliphatic carbocycles. The Labute approximate surface area is 262 Å². The molecule has 0 saturated heterocycles. The summed E-state index contributed by atoms with van der Waals surface area (Å²) >= 11 is 1.27. The monoisotopic (exact) mass is 645 g/mol. The van der Waals surface area contributed by atoms with Crippen LogP contribution >= 0.6 is 11.3 Å². The zero-order valence-electron chi connectivity index (χ0n) is 25.4. The van der Waals surface area contributed by atoms with Crippen LogP contribution in [0, 0.1) is 11.6 Å². The number of nitrogens with zero attached hydrogens (tertiary/aromatic N) is 6. The van der Waals surface area contributed by atoms with Crippen molar-refractivity contribution in [3.8, 4) is 0 Å². The lowest BCUT2D eigenvalue weighted by Crippen LogP contribution is -2.42. The number of aliphatic hydroxyl groups is 1. The molecule has 4 aromatic rings. The van der Waals surface area contributed by atoms with Crippen LogP contribution < -0.4 is 20.1 Å². The lowest BCUT2D eigenvalue weighted by Gasteiger charge is -2.32. The number of benzene rings is 1. The van der Waals surface area contributed by atoms with Crippen LogP contribution in [0.3, 0.4) is 0 Å². The van der Waals surface area contributed by atoms with E-state index in [1.807, 2.05) is 0 Å². The summed E-state index contributed by atoms with van der Waals surface area (Å²) in [6.07, 6.45) is 2.72. The van der Waals surface area contributed by atoms with Crippen LogP contribution in [-0.2, 0) is 33.0 Å². The largest absolute Gasteiger partial charge is 0.460 e. The van der Waals surface area contributed by atoms with E-state index in [4.69, 9.17) is 9.47 Å². The standard InChI is InChI=1S/C29H35F2N8O5S/c1-18(27-36-24(33-4)14-45-27)29(42,22-11-21(30)8-9-23(22)31)15-39-17-38(16-35-39)19(2)44-28(41)37(5)26-20(7-6-10-34-26)13-43-25(40)12-32-3/h6-11,14,16-19,32-33,42H,12-13,15H2,1-5H3/q+1/t18-,19?,29+/m0/s1. The Morgan fingerprint density at radius 2 is 2.02 bits per heavy atom. The highest BCUT2D eigenvalue weighted by atomic mass is 32.1. The van der Waals surface area contributed by atoms with Gasteiger partial charge in [0.25, 0.3) is 6.33 Å². The van der Waals surface area contributed by atoms with Crippen molar-refractivity contribution in [2.45, 2.75) is 44.7 Å². The molecule has 45 heavy (non-hydrogen) atoms. The average Bonchev–Trinajstić information content (AvgIpc) is 3.70. The summed E-state index contributed by atoms with van der Waals surface area (Å²) in [5.41, 5.74) is -1.72. The zero-order chi connectivity index (χ0) is 32.7. The van der Waals surface area contributed by atoms with Gasteiger partial charge in [-0.2, -0.15) is 4.57 Å². The molecular formula is C29H35F2N8O5S+. The van der Waals surface area contributed by atoms with Crippen LogP contribution in [0.4, 0.5) is 25.2 Å². The van der Waals surface area contributed by atoms with Gasteiger partial charge in [-0.3, -0.25) is 9.69 Å². The predicted octanol–water partition coefficient (Wildman–Crippen LogP) is 3.09. The Kier molecular flexibility index (Phi) is 10.7. The molecule has 0 saturated carbocycles. The molecule has 0 aliphatic heterocycles. The van der Waals surface area contributed by atoms with Gasteiger partial charge in [-0.25, -0.2) is 23.5 Å². The second kappa shape index (κ2) is 14.5. The van der Waals surface area contributed by atoms with E-state index >= 15 is 4.39 Å². The molecule has 240 valence electrons. The van der Waals surface area contributed by atoms with Gasteiger partial charge in [0, 0.05) is 54.7 Å². The van der Waals surface area contributed by atoms with Gasteiger partial charge in [0.05, 0.1) is 6.54 Å². The van der Waals surface area contributed by atoms with Gasteiger partial charge in [0.15, 0.2) is 0 Å². The van der Waals surface area contributed by atoms with Crippen LogP contribution in [0.2, 0.25) is 0 Å². The average molecular weight is 646 g/mol. The molecule has 13 nitrogen and oxygen atoms in total. The molecule has 0 fully saturated rings. The fourth-order valence-electron chi connectivity index (χ4n) is 4.52. The number of carbonyl (C=O) groups excluding carboxylic acids is 2. The Bertz CT molecular complexity index is 1640. The minimum Gasteiger partial charge on any atom is -0.460 e. The number of pyridine rings is 1. The van der Waals surface area contributed by atoms with Gasteiger partial charge in [-0.15, -0.1) is 16.0 Å². The van der Waals surface area contributed by atoms with E-state index in [-0.39, 0.29) is 31.1 Å². The van der Waals surface area contributed by atoms with Crippen molar-refractivity contribution in [2.24, 2.45) is 0 Å². The molecular weight excluding hydrogens is 610 g/mol. The van der Waals surface area contributed by atoms with Crippen molar-refractivity contribution in [3.05, 3.63) is 82.3 Å². The third-order valence-corrected chi connectivity index (χ3v) is 8.15. The summed E-state index contributed by atoms with van der Waals surface area (Å²) in [5.74, 6) is -1.91. The molecule has 0 bridgehead atoms. The number of hydrogen-bond acceptors (Lipinski definition) is 11. The lowest BCUT2D eigenvalue weighted by atomic mass is 9.82. The quantitative estimate of drug-likeness (QED) is 0.146. The lowest BCUT2D eigenvalue weighted by molar-refractivity contribution is -0.753. The predicted molar refractivity (Wildman–Crippen MR) is 160 cm³/mol. The Hall–Kier alpha value is -4.54. The van der Waals surface area contributed by atoms with Gasteiger partial charge < -0.3 is 25.2 Å². The second-order valence-electron chi connectivity index (χ2n) is 10.2. The van der Waals surface area contributed by atoms with E-state index in [1.165, 1.54) is 51.4 Å². The molecule has 1 aromatic carbocycles. The molecule has 1 amide bonds. The third kappa shape index (κ3) is 7.76. The summed E-state index contributed by atoms with van der Waals surface area (Å²) in [6, 6.07) is 6.23. The van der Waals surface area contributed by atoms with Crippen LogP contribution in [0.25, 0.3) is 0 Å². The van der Waals surface area contributed by atoms with E-state index in [0.717, 1.165) is 18.2 Å². The number of thiazole rings is 1. The number of rotatable bonds is 13. The van der Waals surface area contributed by atoms with Crippen molar-refractivity contribution in [1.82, 2.24) is 25.1 Å². The highest BCUT2D eigenvalue weighted by molar-refractivity contribution is 7.10. The maximum absolute atomic E-state index is 15.1. The molecule has 3 N–H and O–H groups in total. The van der Waals surface area contributed by atoms with Crippen molar-refractivity contribution >= 4 is 35.0 Å². The first kappa shape index (κ1) is 33.4. The van der Waals surface area contributed by atoms with Crippen LogP contribution in [0.1, 0.15) is 42.1 Å². The molecule has 0 radical (unpaired) electrons. The van der Waals surface area contributed by atoms with E-state index in [9.17, 15) is 19.1 Å². The number of nitrogens with one attached hydrogen (secondary N) is 2. The van der Waals surface area contributed by atoms with E-state index in [1.54, 1.807) is 45.5 Å². The van der Waals surface area contributed by atoms with E-state index in [2.05, 4.69) is 25.7 Å². The van der Waals surface area contributed by atoms with Gasteiger partial charge >= 0.3 is 12.1 Å². The Morgan fingerprint density at radius 1 is 1.24 bits per heavy atom. The molecule has 3 aromatic heterocycles. The summed E-state index contributed by atoms with van der Waals surface area (Å²) in [5, 5.41) is 24.2. The summed E-state index contributed by atoms with van der Waals surface area (Å²) in [4.78, 5) is 34.7. The molecule has 0 spiro atoms. The molecule has 3 atom stereocenters. The van der Waals surface area contributed by atoms with Crippen molar-refractivity contribution < 1.29 is 37.5 Å². The summed E-state index contributed by atoms with van der Waals surface area (Å²) < 4.78 is 43.0. The minimum absolute atomic E-state index is 0.0333. The molecule has 4 rings (SSSR count). The van der Waals surface area contributed by atoms with E-state index < -0.39 is 41.4 Å². The number of carbonyl (C=O) groups is 2. The number of hydrogen-bond donors (Lipinski definition) is 3. The van der Waals surface area contributed by atoms with Gasteiger partial charge in [-0.1, -0.05) is 13.0 Å². The topological polar surface area (TPSA) is 148 Å². The normalized spacial score (nSPS) is 13.9. The maximum Gasteiger partial charge on any atom is 0.418 e. The first-order chi connectivity index (χ1) is 21.5. The number of aromatic nitrogens is 5. The van der Waals surface area contributed by atoms with Gasteiger partial charge in [0.1, 0.15) is 47.0 Å². The Balaban J connectivity index is 1.52. The van der Waals surface area contributed by atoms with Crippen LogP contribution in [-0.4, -0.2) is 64.6 Å². The summed E-state index contributed by atoms with van der Waals surface area (Å²) in [7, 11) is 4.79. The number of likely N-dealkylation sites (N-methyl/N-ethyl adjacent to an activating group) is 1. The maximum atomic E-state index is 15.1. The molecule has 1 unspecified atom stereocenters.